The van der Waals surface area contributed by atoms with Crippen molar-refractivity contribution in [2.45, 2.75) is 74.7 Å². The Morgan fingerprint density at radius 2 is 1.62 bits per heavy atom. The Balaban J connectivity index is 0.000000297. The van der Waals surface area contributed by atoms with Gasteiger partial charge in [-0.3, -0.25) is 4.79 Å². The summed E-state index contributed by atoms with van der Waals surface area (Å²) in [6.45, 7) is 17.1. The third-order valence-corrected chi connectivity index (χ3v) is 7.14. The third kappa shape index (κ3) is 8.06. The number of aliphatic hydroxyl groups is 1. The van der Waals surface area contributed by atoms with Crippen molar-refractivity contribution in [2.24, 2.45) is 17.3 Å². The largest absolute Gasteiger partial charge is 0.512 e. The van der Waals surface area contributed by atoms with Crippen LogP contribution in [0.4, 0.5) is 0 Å². The molecule has 0 saturated carbocycles. The number of aliphatic hydroxyl groups excluding tert-OH is 1. The number of hydrogen-bond acceptors (Lipinski definition) is 3. The first-order valence-corrected chi connectivity index (χ1v) is 14.8. The Labute approximate surface area is 265 Å². The second-order valence-corrected chi connectivity index (χ2v) is 13.4. The number of rotatable bonds is 6. The van der Waals surface area contributed by atoms with Crippen molar-refractivity contribution in [3.63, 3.8) is 0 Å². The molecule has 0 spiro atoms. The van der Waals surface area contributed by atoms with Gasteiger partial charge in [0.15, 0.2) is 5.78 Å². The molecule has 0 amide bonds. The van der Waals surface area contributed by atoms with Gasteiger partial charge in [-0.05, 0) is 69.8 Å². The summed E-state index contributed by atoms with van der Waals surface area (Å²) in [7, 11) is 0. The summed E-state index contributed by atoms with van der Waals surface area (Å²) < 4.78 is 0. The molecule has 1 aromatic heterocycles. The summed E-state index contributed by atoms with van der Waals surface area (Å²) in [5.74, 6) is 0.979. The van der Waals surface area contributed by atoms with Gasteiger partial charge in [0.2, 0.25) is 0 Å². The number of fused-ring (bicyclic) bond motifs is 5. The molecule has 0 aliphatic heterocycles. The maximum absolute atomic E-state index is 11.2. The van der Waals surface area contributed by atoms with Gasteiger partial charge in [0.1, 0.15) is 0 Å². The molecule has 223 valence electrons. The first-order valence-electron chi connectivity index (χ1n) is 14.8. The molecule has 3 nitrogen and oxygen atoms in total. The van der Waals surface area contributed by atoms with Crippen LogP contribution >= 0.6 is 0 Å². The van der Waals surface area contributed by atoms with Gasteiger partial charge in [0.25, 0.3) is 0 Å². The minimum atomic E-state index is 0. The Hall–Kier alpha value is -3.07. The van der Waals surface area contributed by atoms with Crippen LogP contribution in [-0.4, -0.2) is 15.9 Å². The first-order chi connectivity index (χ1) is 19.3. The van der Waals surface area contributed by atoms with Crippen LogP contribution in [0.1, 0.15) is 72.4 Å². The van der Waals surface area contributed by atoms with Gasteiger partial charge >= 0.3 is 0 Å². The summed E-state index contributed by atoms with van der Waals surface area (Å²) in [6.07, 6.45) is 5.46. The zero-order valence-corrected chi connectivity index (χ0v) is 28.7. The quantitative estimate of drug-likeness (QED) is 0.107. The van der Waals surface area contributed by atoms with Crippen molar-refractivity contribution in [2.75, 3.05) is 0 Å². The molecule has 4 aromatic rings. The zero-order valence-electron chi connectivity index (χ0n) is 26.3. The van der Waals surface area contributed by atoms with Gasteiger partial charge in [0, 0.05) is 45.2 Å². The van der Waals surface area contributed by atoms with Crippen molar-refractivity contribution in [1.82, 2.24) is 4.98 Å². The molecule has 5 rings (SSSR count). The second kappa shape index (κ2) is 13.9. The van der Waals surface area contributed by atoms with Crippen LogP contribution in [0.15, 0.2) is 72.6 Å². The van der Waals surface area contributed by atoms with E-state index in [9.17, 15) is 9.90 Å². The van der Waals surface area contributed by atoms with Crippen LogP contribution in [0, 0.1) is 30.2 Å². The number of allylic oxidation sites excluding steroid dienone is 2. The van der Waals surface area contributed by atoms with E-state index in [0.717, 1.165) is 17.7 Å². The van der Waals surface area contributed by atoms with E-state index >= 15 is 0 Å². The Bertz CT molecular complexity index is 1590. The van der Waals surface area contributed by atoms with Gasteiger partial charge in [-0.15, -0.1) is 29.8 Å². The molecule has 0 atom stereocenters. The number of carbonyl (C=O) groups excluding carboxylic acids is 1. The Morgan fingerprint density at radius 1 is 0.929 bits per heavy atom. The minimum absolute atomic E-state index is 0. The van der Waals surface area contributed by atoms with E-state index in [0.29, 0.717) is 24.7 Å². The summed E-state index contributed by atoms with van der Waals surface area (Å²) in [5.41, 5.74) is 10.1. The maximum atomic E-state index is 11.2. The van der Waals surface area contributed by atoms with E-state index in [2.05, 4.69) is 82.3 Å². The van der Waals surface area contributed by atoms with Crippen LogP contribution in [0.3, 0.4) is 0 Å². The van der Waals surface area contributed by atoms with Gasteiger partial charge in [-0.1, -0.05) is 95.5 Å². The first kappa shape index (κ1) is 33.4. The standard InChI is InChI=1S/C27H24N.C11H20O2.Ir/c1-17-9-11-21-22-12-10-18(16-27(2,3)4)19-13-14-28-26(25(19)22)23-8-6-5-7-20(23)24(21)15-17;1-8(2)5-10(12)7-11(13)6-9(3)4;/h5-7,9-15H,16H2,1-4H3;7-9,12H,5-6H2,1-4H3;/q-1;;/b;10-7-;. The number of aromatic nitrogens is 1. The van der Waals surface area contributed by atoms with Crippen molar-refractivity contribution < 1.29 is 30.0 Å². The average molecular weight is 739 g/mol. The number of nitrogens with zero attached hydrogens (tertiary/aromatic N) is 1. The van der Waals surface area contributed by atoms with Crippen LogP contribution in [0.5, 0.6) is 0 Å². The van der Waals surface area contributed by atoms with Crippen LogP contribution < -0.4 is 0 Å². The van der Waals surface area contributed by atoms with Gasteiger partial charge in [0.05, 0.1) is 5.76 Å². The molecule has 1 aliphatic rings. The zero-order chi connectivity index (χ0) is 29.9. The average Bonchev–Trinajstić information content (AvgIpc) is 2.98. The third-order valence-electron chi connectivity index (χ3n) is 7.14. The fourth-order valence-electron chi connectivity index (χ4n) is 5.60. The maximum Gasteiger partial charge on any atom is 0.159 e. The summed E-state index contributed by atoms with van der Waals surface area (Å²) in [4.78, 5) is 16.1. The van der Waals surface area contributed by atoms with Gasteiger partial charge in [-0.2, -0.15) is 0 Å². The second-order valence-electron chi connectivity index (χ2n) is 13.4. The van der Waals surface area contributed by atoms with Crippen LogP contribution in [-0.2, 0) is 31.3 Å². The van der Waals surface area contributed by atoms with E-state index in [4.69, 9.17) is 4.98 Å². The molecule has 0 fully saturated rings. The smallest absolute Gasteiger partial charge is 0.159 e. The monoisotopic (exact) mass is 739 g/mol. The molecule has 4 heteroatoms. The number of benzene rings is 3. The van der Waals surface area contributed by atoms with Crippen LogP contribution in [0.25, 0.3) is 44.3 Å². The fraction of sp³-hybridized carbons (Fsp3) is 0.368. The molecule has 0 unspecified atom stereocenters. The molecule has 0 saturated heterocycles. The number of pyridine rings is 1. The summed E-state index contributed by atoms with van der Waals surface area (Å²) in [5, 5.41) is 11.9. The fourth-order valence-corrected chi connectivity index (χ4v) is 5.60. The van der Waals surface area contributed by atoms with Crippen molar-refractivity contribution >= 4 is 16.6 Å². The molecular formula is C38H44IrNO2-. The number of hydrogen-bond donors (Lipinski definition) is 1. The topological polar surface area (TPSA) is 50.2 Å². The predicted octanol–water partition coefficient (Wildman–Crippen LogP) is 10.3. The van der Waals surface area contributed by atoms with E-state index in [1.807, 2.05) is 40.0 Å². The van der Waals surface area contributed by atoms with Gasteiger partial charge < -0.3 is 10.1 Å². The molecule has 1 N–H and O–H groups in total. The van der Waals surface area contributed by atoms with Crippen molar-refractivity contribution in [3.8, 4) is 33.5 Å². The molecule has 1 radical (unpaired) electrons. The number of ketones is 1. The van der Waals surface area contributed by atoms with Crippen molar-refractivity contribution in [1.29, 1.82) is 0 Å². The number of carbonyl (C=O) groups is 1. The molecule has 1 aliphatic carbocycles. The molecule has 3 aromatic carbocycles. The minimum Gasteiger partial charge on any atom is -0.512 e. The van der Waals surface area contributed by atoms with Crippen LogP contribution in [0.2, 0.25) is 0 Å². The van der Waals surface area contributed by atoms with E-state index in [1.54, 1.807) is 0 Å². The normalized spacial score (nSPS) is 12.2. The summed E-state index contributed by atoms with van der Waals surface area (Å²) in [6, 6.07) is 23.3. The van der Waals surface area contributed by atoms with E-state index < -0.39 is 0 Å². The van der Waals surface area contributed by atoms with Gasteiger partial charge in [-0.25, -0.2) is 0 Å². The molecule has 0 bridgehead atoms. The summed E-state index contributed by atoms with van der Waals surface area (Å²) >= 11 is 0. The predicted molar refractivity (Wildman–Crippen MR) is 173 cm³/mol. The number of aryl methyl sites for hydroxylation is 1. The Morgan fingerprint density at radius 3 is 2.29 bits per heavy atom. The molecule has 1 heterocycles. The van der Waals surface area contributed by atoms with Crippen molar-refractivity contribution in [3.05, 3.63) is 89.8 Å². The van der Waals surface area contributed by atoms with E-state index in [-0.39, 0.29) is 37.1 Å². The Kier molecular flexibility index (Phi) is 11.1. The van der Waals surface area contributed by atoms with E-state index in [1.165, 1.54) is 50.2 Å². The SMILES string of the molecule is CC(C)CC(=O)/C=C(\O)CC(C)C.Cc1ccc2c(c1)-c1ccc[c-]c1-c1nccc3c(CC(C)(C)C)ccc-2c13.[Ir]. The molecular weight excluding hydrogens is 695 g/mol. The molecule has 42 heavy (non-hydrogen) atoms.